The number of nitrogens with zero attached hydrogens (tertiary/aromatic N) is 2. The summed E-state index contributed by atoms with van der Waals surface area (Å²) >= 11 is 0. The number of nitrogens with one attached hydrogen (secondary N) is 2. The van der Waals surface area contributed by atoms with Crippen LogP contribution in [0.1, 0.15) is 5.56 Å². The molecule has 0 unspecified atom stereocenters. The number of hydrogen-bond acceptors (Lipinski definition) is 7. The number of ether oxygens (including phenoxy) is 2. The first-order valence-electron chi connectivity index (χ1n) is 11.7. The molecule has 0 aliphatic carbocycles. The predicted molar refractivity (Wildman–Crippen MR) is 141 cm³/mol. The van der Waals surface area contributed by atoms with Gasteiger partial charge in [0.2, 0.25) is 0 Å². The average Bonchev–Trinajstić information content (AvgIpc) is 2.89. The molecule has 0 aromatic heterocycles. The average molecular weight is 510 g/mol. The van der Waals surface area contributed by atoms with Crippen molar-refractivity contribution in [2.75, 3.05) is 63.4 Å². The van der Waals surface area contributed by atoms with E-state index in [1.807, 2.05) is 12.1 Å². The first-order valence-corrected chi connectivity index (χ1v) is 11.7. The van der Waals surface area contributed by atoms with Crippen molar-refractivity contribution < 1.29 is 23.0 Å². The van der Waals surface area contributed by atoms with E-state index in [0.29, 0.717) is 5.69 Å². The third-order valence-electron chi connectivity index (χ3n) is 6.40. The number of nitrogen functional groups attached to an aromatic ring is 1. The minimum Gasteiger partial charge on any atom is -0.494 e. The summed E-state index contributed by atoms with van der Waals surface area (Å²) in [5.74, 6) is -2.88. The molecule has 3 aromatic rings. The lowest BCUT2D eigenvalue weighted by atomic mass is 9.98. The number of methoxy groups -OCH3 is 2. The Bertz CT molecular complexity index is 1290. The number of amides is 1. The number of nitrogens with two attached hydrogens (primary N) is 1. The number of halogens is 2. The maximum atomic E-state index is 14.9. The minimum atomic E-state index is -0.916. The summed E-state index contributed by atoms with van der Waals surface area (Å²) in [7, 11) is 4.62. The Morgan fingerprint density at radius 3 is 2.08 bits per heavy atom. The fraction of sp³-hybridized carbons (Fsp3) is 0.259. The maximum Gasteiger partial charge on any atom is 0.274 e. The van der Waals surface area contributed by atoms with Gasteiger partial charge in [0.1, 0.15) is 5.71 Å². The van der Waals surface area contributed by atoms with Gasteiger partial charge in [0.25, 0.3) is 5.91 Å². The van der Waals surface area contributed by atoms with E-state index in [9.17, 15) is 13.6 Å². The van der Waals surface area contributed by atoms with Crippen LogP contribution in [-0.2, 0) is 4.79 Å². The fourth-order valence-corrected chi connectivity index (χ4v) is 4.22. The van der Waals surface area contributed by atoms with Crippen LogP contribution >= 0.6 is 0 Å². The predicted octanol–water partition coefficient (Wildman–Crippen LogP) is 3.99. The van der Waals surface area contributed by atoms with Gasteiger partial charge in [0.15, 0.2) is 23.1 Å². The highest BCUT2D eigenvalue weighted by molar-refractivity contribution is 6.48. The Labute approximate surface area is 214 Å². The van der Waals surface area contributed by atoms with E-state index in [1.165, 1.54) is 32.4 Å². The molecule has 1 aliphatic rings. The molecule has 1 saturated heterocycles. The minimum absolute atomic E-state index is 0.0173. The lowest BCUT2D eigenvalue weighted by Crippen LogP contribution is -2.44. The van der Waals surface area contributed by atoms with Crippen LogP contribution in [0.2, 0.25) is 0 Å². The van der Waals surface area contributed by atoms with Crippen LogP contribution in [0.25, 0.3) is 11.1 Å². The number of piperazine rings is 1. The van der Waals surface area contributed by atoms with Gasteiger partial charge in [-0.05, 0) is 49.0 Å². The van der Waals surface area contributed by atoms with Crippen molar-refractivity contribution >= 4 is 28.7 Å². The van der Waals surface area contributed by atoms with Crippen LogP contribution in [0.4, 0.5) is 25.8 Å². The number of likely N-dealkylation sites (N-methyl/N-ethyl adjacent to an activating group) is 1. The Hall–Kier alpha value is -4.18. The summed E-state index contributed by atoms with van der Waals surface area (Å²) < 4.78 is 39.8. The number of carbonyl (C=O) groups is 1. The smallest absolute Gasteiger partial charge is 0.274 e. The fourth-order valence-electron chi connectivity index (χ4n) is 4.22. The molecule has 37 heavy (non-hydrogen) atoms. The number of hydrogen-bond donors (Lipinski definition) is 3. The van der Waals surface area contributed by atoms with Crippen molar-refractivity contribution in [1.82, 2.24) is 4.90 Å². The van der Waals surface area contributed by atoms with Gasteiger partial charge in [0, 0.05) is 54.9 Å². The molecule has 0 saturated carbocycles. The van der Waals surface area contributed by atoms with Crippen LogP contribution in [0.5, 0.6) is 11.5 Å². The van der Waals surface area contributed by atoms with Gasteiger partial charge >= 0.3 is 0 Å². The summed E-state index contributed by atoms with van der Waals surface area (Å²) in [6, 6.07) is 12.6. The molecule has 1 fully saturated rings. The summed E-state index contributed by atoms with van der Waals surface area (Å²) in [5, 5.41) is 11.0. The molecule has 1 aliphatic heterocycles. The zero-order valence-electron chi connectivity index (χ0n) is 20.9. The summed E-state index contributed by atoms with van der Waals surface area (Å²) in [6.45, 7) is 3.83. The highest BCUT2D eigenvalue weighted by atomic mass is 19.1. The van der Waals surface area contributed by atoms with E-state index in [-0.39, 0.29) is 39.6 Å². The second kappa shape index (κ2) is 10.8. The third-order valence-corrected chi connectivity index (χ3v) is 6.40. The number of rotatable bonds is 7. The monoisotopic (exact) mass is 509 g/mol. The Balaban J connectivity index is 1.51. The standard InChI is InChI=1S/C27H29F2N5O3/c1-33-10-12-34(13-11-33)18-7-5-17(6-8-18)32-27(35)26(31)19-9-4-16(14-20(19)30)23-24(28)21(36-2)15-22(37-3)25(23)29/h4-9,14-15,31H,10-13,30H2,1-3H3,(H,32,35). The maximum absolute atomic E-state index is 14.9. The molecule has 194 valence electrons. The van der Waals surface area contributed by atoms with Crippen LogP contribution in [-0.4, -0.2) is 64.0 Å². The molecule has 8 nitrogen and oxygen atoms in total. The topological polar surface area (TPSA) is 104 Å². The third kappa shape index (κ3) is 5.34. The lowest BCUT2D eigenvalue weighted by molar-refractivity contribution is -0.110. The van der Waals surface area contributed by atoms with E-state index in [1.54, 1.807) is 12.1 Å². The molecular formula is C27H29F2N5O3. The van der Waals surface area contributed by atoms with E-state index in [0.717, 1.165) is 37.9 Å². The van der Waals surface area contributed by atoms with Crippen LogP contribution < -0.4 is 25.4 Å². The lowest BCUT2D eigenvalue weighted by Gasteiger charge is -2.34. The van der Waals surface area contributed by atoms with Crippen molar-refractivity contribution in [3.8, 4) is 22.6 Å². The van der Waals surface area contributed by atoms with Crippen molar-refractivity contribution in [2.24, 2.45) is 0 Å². The van der Waals surface area contributed by atoms with E-state index < -0.39 is 17.5 Å². The molecule has 4 rings (SSSR count). The highest BCUT2D eigenvalue weighted by Gasteiger charge is 2.23. The van der Waals surface area contributed by atoms with Gasteiger partial charge in [-0.2, -0.15) is 0 Å². The van der Waals surface area contributed by atoms with Gasteiger partial charge < -0.3 is 30.3 Å². The molecule has 4 N–H and O–H groups in total. The first-order chi connectivity index (χ1) is 17.7. The van der Waals surface area contributed by atoms with E-state index >= 15 is 0 Å². The largest absolute Gasteiger partial charge is 0.494 e. The Kier molecular flexibility index (Phi) is 7.58. The normalized spacial score (nSPS) is 13.8. The van der Waals surface area contributed by atoms with Crippen molar-refractivity contribution in [3.05, 3.63) is 65.7 Å². The van der Waals surface area contributed by atoms with Gasteiger partial charge in [-0.1, -0.05) is 6.07 Å². The van der Waals surface area contributed by atoms with E-state index in [2.05, 4.69) is 22.2 Å². The van der Waals surface area contributed by atoms with Crippen LogP contribution in [0.3, 0.4) is 0 Å². The zero-order chi connectivity index (χ0) is 26.7. The SMILES string of the molecule is COc1cc(OC)c(F)c(-c2ccc(C(=N)C(=O)Nc3ccc(N4CCN(C)CC4)cc3)c(N)c2)c1F. The Morgan fingerprint density at radius 2 is 1.54 bits per heavy atom. The zero-order valence-corrected chi connectivity index (χ0v) is 20.9. The quantitative estimate of drug-likeness (QED) is 0.329. The van der Waals surface area contributed by atoms with Gasteiger partial charge in [-0.3, -0.25) is 10.2 Å². The van der Waals surface area contributed by atoms with Crippen molar-refractivity contribution in [1.29, 1.82) is 5.41 Å². The van der Waals surface area contributed by atoms with E-state index in [4.69, 9.17) is 20.6 Å². The second-order valence-corrected chi connectivity index (χ2v) is 8.75. The van der Waals surface area contributed by atoms with Gasteiger partial charge in [-0.15, -0.1) is 0 Å². The molecule has 10 heteroatoms. The molecule has 1 heterocycles. The first kappa shape index (κ1) is 25.9. The van der Waals surface area contributed by atoms with Crippen LogP contribution in [0.15, 0.2) is 48.5 Å². The molecule has 0 bridgehead atoms. The summed E-state index contributed by atoms with van der Waals surface area (Å²) in [6.07, 6.45) is 0. The molecular weight excluding hydrogens is 480 g/mol. The van der Waals surface area contributed by atoms with Crippen molar-refractivity contribution in [2.45, 2.75) is 0 Å². The Morgan fingerprint density at radius 1 is 0.946 bits per heavy atom. The molecule has 0 spiro atoms. The molecule has 0 radical (unpaired) electrons. The van der Waals surface area contributed by atoms with Gasteiger partial charge in [0.05, 0.1) is 19.8 Å². The molecule has 3 aromatic carbocycles. The number of anilines is 3. The molecule has 1 amide bonds. The molecule has 0 atom stereocenters. The van der Waals surface area contributed by atoms with Crippen molar-refractivity contribution in [3.63, 3.8) is 0 Å². The number of benzene rings is 3. The number of carbonyl (C=O) groups excluding carboxylic acids is 1. The van der Waals surface area contributed by atoms with Gasteiger partial charge in [-0.25, -0.2) is 8.78 Å². The summed E-state index contributed by atoms with van der Waals surface area (Å²) in [5.41, 5.74) is 7.21. The summed E-state index contributed by atoms with van der Waals surface area (Å²) in [4.78, 5) is 17.3. The second-order valence-electron chi connectivity index (χ2n) is 8.75. The van der Waals surface area contributed by atoms with Crippen LogP contribution in [0, 0.1) is 17.0 Å². The highest BCUT2D eigenvalue weighted by Crippen LogP contribution is 2.38.